The van der Waals surface area contributed by atoms with Crippen LogP contribution in [0.5, 0.6) is 0 Å². The summed E-state index contributed by atoms with van der Waals surface area (Å²) < 4.78 is 33.3. The first-order valence-electron chi connectivity index (χ1n) is 8.96. The predicted molar refractivity (Wildman–Crippen MR) is 103 cm³/mol. The molecule has 2 amide bonds. The van der Waals surface area contributed by atoms with Gasteiger partial charge in [0.05, 0.1) is 48.9 Å². The molecule has 0 unspecified atom stereocenters. The summed E-state index contributed by atoms with van der Waals surface area (Å²) in [5.41, 5.74) is 1.47. The summed E-state index contributed by atoms with van der Waals surface area (Å²) in [5, 5.41) is 2.76. The summed E-state index contributed by atoms with van der Waals surface area (Å²) >= 11 is 0. The van der Waals surface area contributed by atoms with E-state index in [1.54, 1.807) is 19.1 Å². The Morgan fingerprint density at radius 2 is 1.72 bits per heavy atom. The topological polar surface area (TPSA) is 119 Å². The summed E-state index contributed by atoms with van der Waals surface area (Å²) in [7, 11) is -0.709. The van der Waals surface area contributed by atoms with Crippen LogP contribution in [0.2, 0.25) is 0 Å². The fraction of sp³-hybridized carbons (Fsp3) is 0.421. The minimum atomic E-state index is -3.22. The molecule has 3 rings (SSSR count). The number of esters is 2. The number of ether oxygens (including phenoxy) is 2. The second kappa shape index (κ2) is 7.86. The highest BCUT2D eigenvalue weighted by Crippen LogP contribution is 2.34. The minimum absolute atomic E-state index is 0.000698. The van der Waals surface area contributed by atoms with E-state index < -0.39 is 39.9 Å². The third-order valence-electron chi connectivity index (χ3n) is 5.17. The lowest BCUT2D eigenvalue weighted by Crippen LogP contribution is -2.52. The molecule has 0 spiro atoms. The zero-order chi connectivity index (χ0) is 21.3. The zero-order valence-corrected chi connectivity index (χ0v) is 17.1. The van der Waals surface area contributed by atoms with Crippen LogP contribution in [0.15, 0.2) is 35.5 Å². The summed E-state index contributed by atoms with van der Waals surface area (Å²) in [6.07, 6.45) is 0.306. The largest absolute Gasteiger partial charge is 0.466 e. The Balaban J connectivity index is 2.01. The Morgan fingerprint density at radius 3 is 2.24 bits per heavy atom. The number of allylic oxidation sites excluding steroid dienone is 1. The number of rotatable bonds is 4. The van der Waals surface area contributed by atoms with Crippen molar-refractivity contribution >= 4 is 27.8 Å². The van der Waals surface area contributed by atoms with Gasteiger partial charge in [0.1, 0.15) is 0 Å². The highest BCUT2D eigenvalue weighted by Gasteiger charge is 2.42. The minimum Gasteiger partial charge on any atom is -0.466 e. The molecular formula is C19H22N2O7S. The van der Waals surface area contributed by atoms with Crippen molar-refractivity contribution in [3.05, 3.63) is 46.7 Å². The third kappa shape index (κ3) is 3.98. The normalized spacial score (nSPS) is 23.6. The van der Waals surface area contributed by atoms with E-state index in [1.165, 1.54) is 31.3 Å². The van der Waals surface area contributed by atoms with Gasteiger partial charge in [-0.3, -0.25) is 4.90 Å². The molecule has 2 atom stereocenters. The van der Waals surface area contributed by atoms with Crippen LogP contribution < -0.4 is 5.32 Å². The molecular weight excluding hydrogens is 400 g/mol. The highest BCUT2D eigenvalue weighted by molar-refractivity contribution is 7.91. The van der Waals surface area contributed by atoms with E-state index in [2.05, 4.69) is 10.1 Å². The van der Waals surface area contributed by atoms with Crippen LogP contribution in [0.25, 0.3) is 0 Å². The number of hydrogen-bond acceptors (Lipinski definition) is 7. The van der Waals surface area contributed by atoms with Crippen molar-refractivity contribution in [3.63, 3.8) is 0 Å². The average Bonchev–Trinajstić information content (AvgIpc) is 3.05. The quantitative estimate of drug-likeness (QED) is 0.724. The van der Waals surface area contributed by atoms with Crippen molar-refractivity contribution in [2.75, 3.05) is 25.7 Å². The number of benzene rings is 1. The van der Waals surface area contributed by atoms with Crippen LogP contribution in [-0.4, -0.2) is 63.1 Å². The first-order valence-corrected chi connectivity index (χ1v) is 10.8. The van der Waals surface area contributed by atoms with Crippen molar-refractivity contribution < 1.29 is 32.3 Å². The molecule has 0 aromatic heterocycles. The lowest BCUT2D eigenvalue weighted by Gasteiger charge is -2.38. The number of methoxy groups -OCH3 is 2. The molecule has 0 radical (unpaired) electrons. The molecule has 1 aromatic carbocycles. The lowest BCUT2D eigenvalue weighted by molar-refractivity contribution is -0.136. The molecule has 0 aliphatic carbocycles. The first-order chi connectivity index (χ1) is 13.7. The molecule has 1 fully saturated rings. The Morgan fingerprint density at radius 1 is 1.10 bits per heavy atom. The molecule has 9 nitrogen and oxygen atoms in total. The third-order valence-corrected chi connectivity index (χ3v) is 6.92. The maximum absolute atomic E-state index is 12.8. The van der Waals surface area contributed by atoms with Gasteiger partial charge in [-0.05, 0) is 31.0 Å². The van der Waals surface area contributed by atoms with Gasteiger partial charge in [-0.15, -0.1) is 0 Å². The zero-order valence-electron chi connectivity index (χ0n) is 16.3. The van der Waals surface area contributed by atoms with Gasteiger partial charge < -0.3 is 14.8 Å². The second-order valence-electron chi connectivity index (χ2n) is 6.91. The second-order valence-corrected chi connectivity index (χ2v) is 9.14. The Hall–Kier alpha value is -2.88. The van der Waals surface area contributed by atoms with Crippen LogP contribution in [0.1, 0.15) is 35.3 Å². The van der Waals surface area contributed by atoms with Crippen LogP contribution in [0, 0.1) is 0 Å². The molecule has 2 aliphatic heterocycles. The number of nitrogens with one attached hydrogen (secondary N) is 1. The molecule has 1 aromatic rings. The van der Waals surface area contributed by atoms with Crippen LogP contribution in [-0.2, 0) is 24.1 Å². The monoisotopic (exact) mass is 422 g/mol. The highest BCUT2D eigenvalue weighted by atomic mass is 32.2. The van der Waals surface area contributed by atoms with Crippen molar-refractivity contribution in [2.24, 2.45) is 0 Å². The van der Waals surface area contributed by atoms with Crippen molar-refractivity contribution in [3.8, 4) is 0 Å². The van der Waals surface area contributed by atoms with Crippen molar-refractivity contribution in [1.82, 2.24) is 10.2 Å². The number of nitrogens with zero attached hydrogens (tertiary/aromatic N) is 1. The number of carbonyl (C=O) groups excluding carboxylic acids is 3. The molecule has 10 heteroatoms. The Bertz CT molecular complexity index is 982. The van der Waals surface area contributed by atoms with Gasteiger partial charge in [0, 0.05) is 5.70 Å². The maximum atomic E-state index is 12.8. The molecule has 0 saturated carbocycles. The summed E-state index contributed by atoms with van der Waals surface area (Å²) in [6.45, 7) is 1.60. The van der Waals surface area contributed by atoms with Gasteiger partial charge in [-0.2, -0.15) is 0 Å². The number of carbonyl (C=O) groups is 3. The van der Waals surface area contributed by atoms with Gasteiger partial charge in [0.2, 0.25) is 0 Å². The standard InChI is InChI=1S/C19H22N2O7S/c1-11-15(18(23)28-3)16(12-4-6-13(7-5-12)17(22)27-2)20-19(24)21(11)14-8-9-29(25,26)10-14/h4-7,14,16H,8-10H2,1-3H3,(H,20,24)/t14-,16-/m0/s1. The molecule has 1 N–H and O–H groups in total. The average molecular weight is 422 g/mol. The Labute approximate surface area is 168 Å². The molecule has 2 aliphatic rings. The van der Waals surface area contributed by atoms with E-state index in [9.17, 15) is 22.8 Å². The van der Waals surface area contributed by atoms with Crippen LogP contribution in [0.3, 0.4) is 0 Å². The van der Waals surface area contributed by atoms with E-state index in [0.29, 0.717) is 23.2 Å². The fourth-order valence-corrected chi connectivity index (χ4v) is 5.43. The number of hydrogen-bond donors (Lipinski definition) is 1. The predicted octanol–water partition coefficient (Wildman–Crippen LogP) is 1.17. The van der Waals surface area contributed by atoms with E-state index in [0.717, 1.165) is 0 Å². The van der Waals surface area contributed by atoms with Crippen molar-refractivity contribution in [2.45, 2.75) is 25.4 Å². The first kappa shape index (κ1) is 20.8. The molecule has 29 heavy (non-hydrogen) atoms. The van der Waals surface area contributed by atoms with Gasteiger partial charge in [-0.25, -0.2) is 22.8 Å². The van der Waals surface area contributed by atoms with Gasteiger partial charge in [0.15, 0.2) is 9.84 Å². The number of amides is 2. The maximum Gasteiger partial charge on any atom is 0.337 e. The molecule has 2 heterocycles. The van der Waals surface area contributed by atoms with E-state index in [1.807, 2.05) is 0 Å². The van der Waals surface area contributed by atoms with Crippen LogP contribution >= 0.6 is 0 Å². The van der Waals surface area contributed by atoms with E-state index in [-0.39, 0.29) is 17.1 Å². The molecule has 0 bridgehead atoms. The summed E-state index contributed by atoms with van der Waals surface area (Å²) in [6, 6.07) is 4.48. The smallest absolute Gasteiger partial charge is 0.337 e. The van der Waals surface area contributed by atoms with Crippen LogP contribution in [0.4, 0.5) is 4.79 Å². The SMILES string of the molecule is COC(=O)C1=C(C)N([C@H]2CCS(=O)(=O)C2)C(=O)N[C@H]1c1ccc(C(=O)OC)cc1. The molecule has 1 saturated heterocycles. The number of urea groups is 1. The van der Waals surface area contributed by atoms with Gasteiger partial charge in [0.25, 0.3) is 0 Å². The van der Waals surface area contributed by atoms with E-state index in [4.69, 9.17) is 4.74 Å². The summed E-state index contributed by atoms with van der Waals surface area (Å²) in [4.78, 5) is 38.3. The van der Waals surface area contributed by atoms with Gasteiger partial charge >= 0.3 is 18.0 Å². The van der Waals surface area contributed by atoms with Crippen molar-refractivity contribution in [1.29, 1.82) is 0 Å². The fourth-order valence-electron chi connectivity index (χ4n) is 3.73. The lowest BCUT2D eigenvalue weighted by atomic mass is 9.93. The number of sulfone groups is 1. The van der Waals surface area contributed by atoms with Gasteiger partial charge in [-0.1, -0.05) is 12.1 Å². The van der Waals surface area contributed by atoms with E-state index >= 15 is 0 Å². The molecule has 156 valence electrons. The summed E-state index contributed by atoms with van der Waals surface area (Å²) in [5.74, 6) is -1.28. The Kier molecular flexibility index (Phi) is 5.65.